The van der Waals surface area contributed by atoms with Crippen LogP contribution in [0.25, 0.3) is 0 Å². The Hall–Kier alpha value is -0.780. The second kappa shape index (κ2) is 6.33. The maximum Gasteiger partial charge on any atom is 0.261 e. The fourth-order valence-electron chi connectivity index (χ4n) is 2.03. The van der Waals surface area contributed by atoms with Crippen LogP contribution in [-0.2, 0) is 9.05 Å². The van der Waals surface area contributed by atoms with Crippen molar-refractivity contribution in [3.63, 3.8) is 0 Å². The van der Waals surface area contributed by atoms with Crippen molar-refractivity contribution in [2.75, 3.05) is 6.54 Å². The Labute approximate surface area is 129 Å². The lowest BCUT2D eigenvalue weighted by atomic mass is 10.1. The van der Waals surface area contributed by atoms with E-state index in [1.54, 1.807) is 11.8 Å². The van der Waals surface area contributed by atoms with Crippen LogP contribution >= 0.6 is 22.3 Å². The molecule has 20 heavy (non-hydrogen) atoms. The number of rotatable bonds is 4. The molecule has 0 N–H and O–H groups in total. The van der Waals surface area contributed by atoms with Gasteiger partial charge in [0, 0.05) is 33.9 Å². The van der Waals surface area contributed by atoms with Crippen molar-refractivity contribution < 1.29 is 13.2 Å². The Kier molecular flexibility index (Phi) is 5.46. The Bertz CT molecular complexity index is 627. The number of hydrogen-bond acceptors (Lipinski definition) is 3. The first-order valence-electron chi connectivity index (χ1n) is 6.15. The SMILES string of the molecule is CCN(C(=O)c1cc(Cl)cc(S(=O)(=O)Cl)c1C)C(C)C. The lowest BCUT2D eigenvalue weighted by Crippen LogP contribution is -2.37. The normalized spacial score (nSPS) is 11.8. The summed E-state index contributed by atoms with van der Waals surface area (Å²) in [7, 11) is 1.43. The van der Waals surface area contributed by atoms with Gasteiger partial charge in [-0.1, -0.05) is 11.6 Å². The van der Waals surface area contributed by atoms with Gasteiger partial charge in [0.15, 0.2) is 0 Å². The van der Waals surface area contributed by atoms with Crippen molar-refractivity contribution in [3.8, 4) is 0 Å². The molecule has 0 spiro atoms. The van der Waals surface area contributed by atoms with Gasteiger partial charge in [-0.25, -0.2) is 8.42 Å². The van der Waals surface area contributed by atoms with Gasteiger partial charge in [-0.2, -0.15) is 0 Å². The number of halogens is 2. The molecule has 1 amide bonds. The summed E-state index contributed by atoms with van der Waals surface area (Å²) in [5.74, 6) is -0.260. The molecule has 1 rings (SSSR count). The van der Waals surface area contributed by atoms with Crippen LogP contribution in [0.1, 0.15) is 36.7 Å². The third-order valence-electron chi connectivity index (χ3n) is 3.04. The zero-order chi connectivity index (χ0) is 15.7. The van der Waals surface area contributed by atoms with Crippen molar-refractivity contribution in [1.29, 1.82) is 0 Å². The monoisotopic (exact) mass is 337 g/mol. The zero-order valence-corrected chi connectivity index (χ0v) is 14.1. The second-order valence-electron chi connectivity index (χ2n) is 4.70. The summed E-state index contributed by atoms with van der Waals surface area (Å²) in [5.41, 5.74) is 0.570. The van der Waals surface area contributed by atoms with E-state index in [2.05, 4.69) is 0 Å². The van der Waals surface area contributed by atoms with Crippen molar-refractivity contribution >= 4 is 37.2 Å². The van der Waals surface area contributed by atoms with E-state index >= 15 is 0 Å². The van der Waals surface area contributed by atoms with E-state index < -0.39 is 9.05 Å². The van der Waals surface area contributed by atoms with Crippen LogP contribution in [0.5, 0.6) is 0 Å². The highest BCUT2D eigenvalue weighted by atomic mass is 35.7. The molecule has 0 unspecified atom stereocenters. The van der Waals surface area contributed by atoms with E-state index in [9.17, 15) is 13.2 Å². The zero-order valence-electron chi connectivity index (χ0n) is 11.8. The maximum absolute atomic E-state index is 12.5. The van der Waals surface area contributed by atoms with E-state index in [0.29, 0.717) is 12.1 Å². The van der Waals surface area contributed by atoms with Gasteiger partial charge in [0.25, 0.3) is 15.0 Å². The van der Waals surface area contributed by atoms with Gasteiger partial charge in [0.05, 0.1) is 4.90 Å². The molecular formula is C13H17Cl2NO3S. The Morgan fingerprint density at radius 1 is 1.35 bits per heavy atom. The molecular weight excluding hydrogens is 321 g/mol. The predicted octanol–water partition coefficient (Wildman–Crippen LogP) is 3.45. The number of nitrogens with zero attached hydrogens (tertiary/aromatic N) is 1. The van der Waals surface area contributed by atoms with Crippen LogP contribution in [0.15, 0.2) is 17.0 Å². The number of hydrogen-bond donors (Lipinski definition) is 0. The number of benzene rings is 1. The van der Waals surface area contributed by atoms with Crippen molar-refractivity contribution in [2.45, 2.75) is 38.6 Å². The molecule has 112 valence electrons. The largest absolute Gasteiger partial charge is 0.336 e. The molecule has 0 aliphatic rings. The molecule has 0 aliphatic heterocycles. The molecule has 1 aromatic rings. The molecule has 7 heteroatoms. The molecule has 1 aromatic carbocycles. The first kappa shape index (κ1) is 17.3. The summed E-state index contributed by atoms with van der Waals surface area (Å²) >= 11 is 5.91. The van der Waals surface area contributed by atoms with Crippen LogP contribution in [0.4, 0.5) is 0 Å². The van der Waals surface area contributed by atoms with Gasteiger partial charge >= 0.3 is 0 Å². The van der Waals surface area contributed by atoms with Crippen LogP contribution in [0.2, 0.25) is 5.02 Å². The minimum Gasteiger partial charge on any atom is -0.336 e. The van der Waals surface area contributed by atoms with Gasteiger partial charge in [0.1, 0.15) is 0 Å². The molecule has 0 atom stereocenters. The minimum atomic E-state index is -3.95. The summed E-state index contributed by atoms with van der Waals surface area (Å²) in [6, 6.07) is 2.72. The van der Waals surface area contributed by atoms with Gasteiger partial charge in [-0.05, 0) is 45.4 Å². The highest BCUT2D eigenvalue weighted by Crippen LogP contribution is 2.28. The van der Waals surface area contributed by atoms with E-state index in [0.717, 1.165) is 0 Å². The average Bonchev–Trinajstić information content (AvgIpc) is 2.30. The quantitative estimate of drug-likeness (QED) is 0.790. The molecule has 0 aromatic heterocycles. The minimum absolute atomic E-state index is 0.00180. The molecule has 0 bridgehead atoms. The van der Waals surface area contributed by atoms with Crippen LogP contribution in [0, 0.1) is 6.92 Å². The van der Waals surface area contributed by atoms with Gasteiger partial charge < -0.3 is 4.90 Å². The highest BCUT2D eigenvalue weighted by molar-refractivity contribution is 8.13. The second-order valence-corrected chi connectivity index (χ2v) is 7.67. The molecule has 0 heterocycles. The lowest BCUT2D eigenvalue weighted by Gasteiger charge is -2.26. The average molecular weight is 338 g/mol. The fourth-order valence-corrected chi connectivity index (χ4v) is 3.53. The summed E-state index contributed by atoms with van der Waals surface area (Å²) in [6.07, 6.45) is 0. The van der Waals surface area contributed by atoms with E-state index in [-0.39, 0.29) is 27.4 Å². The topological polar surface area (TPSA) is 54.5 Å². The smallest absolute Gasteiger partial charge is 0.261 e. The van der Waals surface area contributed by atoms with Gasteiger partial charge in [-0.15, -0.1) is 0 Å². The summed E-state index contributed by atoms with van der Waals surface area (Å²) < 4.78 is 23.1. The van der Waals surface area contributed by atoms with Crippen molar-refractivity contribution in [1.82, 2.24) is 4.90 Å². The Morgan fingerprint density at radius 2 is 1.90 bits per heavy atom. The molecule has 0 aliphatic carbocycles. The first-order valence-corrected chi connectivity index (χ1v) is 8.84. The lowest BCUT2D eigenvalue weighted by molar-refractivity contribution is 0.0716. The summed E-state index contributed by atoms with van der Waals surface area (Å²) in [4.78, 5) is 14.0. The highest BCUT2D eigenvalue weighted by Gasteiger charge is 2.24. The van der Waals surface area contributed by atoms with Gasteiger partial charge in [-0.3, -0.25) is 4.79 Å². The van der Waals surface area contributed by atoms with Gasteiger partial charge in [0.2, 0.25) is 0 Å². The molecule has 0 fully saturated rings. The number of carbonyl (C=O) groups is 1. The standard InChI is InChI=1S/C13H17Cl2NO3S/c1-5-16(8(2)3)13(17)11-6-10(14)7-12(9(11)4)20(15,18)19/h6-8H,5H2,1-4H3. The van der Waals surface area contributed by atoms with E-state index in [1.165, 1.54) is 12.1 Å². The maximum atomic E-state index is 12.5. The van der Waals surface area contributed by atoms with Crippen LogP contribution in [-0.4, -0.2) is 31.8 Å². The Balaban J connectivity index is 3.47. The predicted molar refractivity (Wildman–Crippen MR) is 81.1 cm³/mol. The van der Waals surface area contributed by atoms with E-state index in [1.807, 2.05) is 20.8 Å². The summed E-state index contributed by atoms with van der Waals surface area (Å²) in [5, 5.41) is 0.165. The fraction of sp³-hybridized carbons (Fsp3) is 0.462. The Morgan fingerprint density at radius 3 is 2.30 bits per heavy atom. The third kappa shape index (κ3) is 3.65. The van der Waals surface area contributed by atoms with Crippen LogP contribution < -0.4 is 0 Å². The van der Waals surface area contributed by atoms with E-state index in [4.69, 9.17) is 22.3 Å². The molecule has 4 nitrogen and oxygen atoms in total. The number of carbonyl (C=O) groups excluding carboxylic acids is 1. The molecule has 0 saturated heterocycles. The number of amides is 1. The van der Waals surface area contributed by atoms with Crippen LogP contribution in [0.3, 0.4) is 0 Å². The molecule has 0 radical (unpaired) electrons. The third-order valence-corrected chi connectivity index (χ3v) is 4.71. The summed E-state index contributed by atoms with van der Waals surface area (Å²) in [6.45, 7) is 7.70. The van der Waals surface area contributed by atoms with Crippen molar-refractivity contribution in [2.24, 2.45) is 0 Å². The first-order chi connectivity index (χ1) is 9.09. The van der Waals surface area contributed by atoms with Crippen molar-refractivity contribution in [3.05, 3.63) is 28.3 Å². The molecule has 0 saturated carbocycles.